The van der Waals surface area contributed by atoms with E-state index in [4.69, 9.17) is 0 Å². The summed E-state index contributed by atoms with van der Waals surface area (Å²) in [6, 6.07) is 5.88. The molecule has 1 aromatic rings. The third kappa shape index (κ3) is 4.11. The first-order valence-corrected chi connectivity index (χ1v) is 6.22. The highest BCUT2D eigenvalue weighted by Gasteiger charge is 2.11. The Morgan fingerprint density at radius 1 is 1.33 bits per heavy atom. The summed E-state index contributed by atoms with van der Waals surface area (Å²) in [5.74, 6) is -0.0947. The number of likely N-dealkylation sites (N-methyl/N-ethyl adjacent to an activating group) is 1. The summed E-state index contributed by atoms with van der Waals surface area (Å²) < 4.78 is 12.3. The maximum Gasteiger partial charge on any atom is 0.238 e. The highest BCUT2D eigenvalue weighted by atomic mass is 18.2. The Morgan fingerprint density at radius 2 is 1.94 bits per heavy atom. The SMILES string of the molecule is CCN(CC[18F])CC(=O)Nc1c(C)cccc1C. The lowest BCUT2D eigenvalue weighted by Crippen LogP contribution is -2.34. The van der Waals surface area contributed by atoms with Crippen LogP contribution in [0.2, 0.25) is 0 Å². The lowest BCUT2D eigenvalue weighted by atomic mass is 10.1. The van der Waals surface area contributed by atoms with Gasteiger partial charge in [-0.3, -0.25) is 9.69 Å². The van der Waals surface area contributed by atoms with Crippen molar-refractivity contribution in [2.24, 2.45) is 0 Å². The van der Waals surface area contributed by atoms with E-state index in [0.717, 1.165) is 16.8 Å². The van der Waals surface area contributed by atoms with Crippen LogP contribution in [0.5, 0.6) is 0 Å². The number of benzene rings is 1. The average molecular weight is 251 g/mol. The van der Waals surface area contributed by atoms with Gasteiger partial charge in [0.05, 0.1) is 6.54 Å². The topological polar surface area (TPSA) is 32.3 Å². The van der Waals surface area contributed by atoms with Crippen LogP contribution in [0.1, 0.15) is 18.1 Å². The van der Waals surface area contributed by atoms with E-state index < -0.39 is 6.67 Å². The van der Waals surface area contributed by atoms with E-state index in [-0.39, 0.29) is 12.5 Å². The summed E-state index contributed by atoms with van der Waals surface area (Å²) >= 11 is 0. The lowest BCUT2D eigenvalue weighted by Gasteiger charge is -2.19. The molecule has 0 saturated carbocycles. The first-order chi connectivity index (χ1) is 8.58. The number of nitrogens with one attached hydrogen (secondary N) is 1. The number of anilines is 1. The molecule has 0 aromatic heterocycles. The number of hydrogen-bond donors (Lipinski definition) is 1. The number of rotatable bonds is 6. The van der Waals surface area contributed by atoms with Crippen LogP contribution in [-0.4, -0.2) is 37.1 Å². The number of amides is 1. The Balaban J connectivity index is 2.64. The van der Waals surface area contributed by atoms with Gasteiger partial charge in [0.2, 0.25) is 5.91 Å². The number of carbonyl (C=O) groups is 1. The van der Waals surface area contributed by atoms with Crippen LogP contribution < -0.4 is 5.32 Å². The molecule has 1 N–H and O–H groups in total. The molecule has 18 heavy (non-hydrogen) atoms. The first-order valence-electron chi connectivity index (χ1n) is 6.22. The van der Waals surface area contributed by atoms with Crippen molar-refractivity contribution in [3.8, 4) is 0 Å². The molecule has 1 aromatic carbocycles. The van der Waals surface area contributed by atoms with E-state index in [9.17, 15) is 9.18 Å². The van der Waals surface area contributed by atoms with Crippen molar-refractivity contribution in [1.82, 2.24) is 4.90 Å². The molecule has 0 aliphatic heterocycles. The van der Waals surface area contributed by atoms with Crippen LogP contribution in [0.3, 0.4) is 0 Å². The van der Waals surface area contributed by atoms with Crippen LogP contribution in [0, 0.1) is 13.8 Å². The first kappa shape index (κ1) is 14.6. The number of alkyl halides is 1. The second kappa shape index (κ2) is 7.11. The third-order valence-corrected chi connectivity index (χ3v) is 2.96. The van der Waals surface area contributed by atoms with Crippen LogP contribution in [-0.2, 0) is 4.79 Å². The van der Waals surface area contributed by atoms with Crippen molar-refractivity contribution in [2.45, 2.75) is 20.8 Å². The van der Waals surface area contributed by atoms with Crippen LogP contribution in [0.15, 0.2) is 18.2 Å². The van der Waals surface area contributed by atoms with Gasteiger partial charge in [0.1, 0.15) is 6.67 Å². The van der Waals surface area contributed by atoms with Crippen molar-refractivity contribution >= 4 is 11.6 Å². The number of hydrogen-bond acceptors (Lipinski definition) is 2. The quantitative estimate of drug-likeness (QED) is 0.842. The van der Waals surface area contributed by atoms with E-state index in [1.807, 2.05) is 39.0 Å². The minimum atomic E-state index is -0.426. The zero-order chi connectivity index (χ0) is 13.5. The molecular formula is C14H21FN2O. The molecular weight excluding hydrogens is 230 g/mol. The Hall–Kier alpha value is -1.42. The molecule has 0 bridgehead atoms. The molecule has 1 amide bonds. The van der Waals surface area contributed by atoms with Gasteiger partial charge in [-0.25, -0.2) is 4.39 Å². The highest BCUT2D eigenvalue weighted by molar-refractivity contribution is 5.93. The summed E-state index contributed by atoms with van der Waals surface area (Å²) in [7, 11) is 0. The second-order valence-corrected chi connectivity index (χ2v) is 4.37. The van der Waals surface area contributed by atoms with Gasteiger partial charge in [0.25, 0.3) is 0 Å². The van der Waals surface area contributed by atoms with E-state index in [1.165, 1.54) is 0 Å². The predicted molar refractivity (Wildman–Crippen MR) is 72.6 cm³/mol. The minimum Gasteiger partial charge on any atom is -0.324 e. The highest BCUT2D eigenvalue weighted by Crippen LogP contribution is 2.19. The summed E-state index contributed by atoms with van der Waals surface area (Å²) in [6.45, 7) is 6.62. The fourth-order valence-electron chi connectivity index (χ4n) is 1.86. The molecule has 4 heteroatoms. The van der Waals surface area contributed by atoms with Gasteiger partial charge in [0.15, 0.2) is 0 Å². The van der Waals surface area contributed by atoms with Crippen molar-refractivity contribution in [3.05, 3.63) is 29.3 Å². The van der Waals surface area contributed by atoms with Crippen molar-refractivity contribution in [3.63, 3.8) is 0 Å². The zero-order valence-corrected chi connectivity index (χ0v) is 11.3. The molecule has 100 valence electrons. The molecule has 3 nitrogen and oxygen atoms in total. The van der Waals surface area contributed by atoms with Crippen LogP contribution in [0.4, 0.5) is 10.1 Å². The molecule has 0 heterocycles. The maximum absolute atomic E-state index is 12.3. The minimum absolute atomic E-state index is 0.0947. The molecule has 0 fully saturated rings. The van der Waals surface area contributed by atoms with Crippen LogP contribution >= 0.6 is 0 Å². The number of aryl methyl sites for hydroxylation is 2. The zero-order valence-electron chi connectivity index (χ0n) is 11.3. The maximum atomic E-state index is 12.3. The van der Waals surface area contributed by atoms with Gasteiger partial charge in [-0.15, -0.1) is 0 Å². The molecule has 1 rings (SSSR count). The average Bonchev–Trinajstić information content (AvgIpc) is 2.33. The third-order valence-electron chi connectivity index (χ3n) is 2.96. The van der Waals surface area contributed by atoms with Crippen molar-refractivity contribution in [2.75, 3.05) is 31.6 Å². The summed E-state index contributed by atoms with van der Waals surface area (Å²) in [5.41, 5.74) is 2.94. The second-order valence-electron chi connectivity index (χ2n) is 4.37. The molecule has 0 saturated heterocycles. The summed E-state index contributed by atoms with van der Waals surface area (Å²) in [6.07, 6.45) is 0. The van der Waals surface area contributed by atoms with E-state index in [2.05, 4.69) is 5.32 Å². The number of carbonyl (C=O) groups excluding carboxylic acids is 1. The number of para-hydroxylation sites is 1. The molecule has 0 aliphatic carbocycles. The van der Waals surface area contributed by atoms with E-state index >= 15 is 0 Å². The number of halogens is 1. The monoisotopic (exact) mass is 251 g/mol. The molecule has 0 spiro atoms. The van der Waals surface area contributed by atoms with E-state index in [1.54, 1.807) is 4.90 Å². The Bertz CT molecular complexity index is 387. The Kier molecular flexibility index (Phi) is 5.78. The van der Waals surface area contributed by atoms with Gasteiger partial charge in [-0.05, 0) is 31.5 Å². The van der Waals surface area contributed by atoms with Gasteiger partial charge in [-0.2, -0.15) is 0 Å². The summed E-state index contributed by atoms with van der Waals surface area (Å²) in [5, 5.41) is 2.90. The largest absolute Gasteiger partial charge is 0.324 e. The molecule has 0 radical (unpaired) electrons. The fraction of sp³-hybridized carbons (Fsp3) is 0.500. The van der Waals surface area contributed by atoms with Gasteiger partial charge in [-0.1, -0.05) is 25.1 Å². The van der Waals surface area contributed by atoms with Crippen molar-refractivity contribution in [1.29, 1.82) is 0 Å². The normalized spacial score (nSPS) is 10.7. The lowest BCUT2D eigenvalue weighted by molar-refractivity contribution is -0.117. The molecule has 0 unspecified atom stereocenters. The standard InChI is InChI=1S/C14H21FN2O/c1-4-17(9-8-15)10-13(18)16-14-11(2)6-5-7-12(14)3/h5-7H,4,8-10H2,1-3H3,(H,16,18)/i15-1. The molecule has 0 aliphatic rings. The van der Waals surface area contributed by atoms with Gasteiger partial charge >= 0.3 is 0 Å². The number of nitrogens with zero attached hydrogens (tertiary/aromatic N) is 1. The smallest absolute Gasteiger partial charge is 0.238 e. The van der Waals surface area contributed by atoms with Gasteiger partial charge in [0, 0.05) is 12.2 Å². The fourth-order valence-corrected chi connectivity index (χ4v) is 1.86. The Morgan fingerprint density at radius 3 is 2.44 bits per heavy atom. The van der Waals surface area contributed by atoms with Crippen molar-refractivity contribution < 1.29 is 9.18 Å². The predicted octanol–water partition coefficient (Wildman–Crippen LogP) is 2.53. The molecule has 0 atom stereocenters. The van der Waals surface area contributed by atoms with Gasteiger partial charge < -0.3 is 5.32 Å². The summed E-state index contributed by atoms with van der Waals surface area (Å²) in [4.78, 5) is 13.7. The Labute approximate surface area is 108 Å². The van der Waals surface area contributed by atoms with E-state index in [0.29, 0.717) is 13.1 Å². The van der Waals surface area contributed by atoms with Crippen LogP contribution in [0.25, 0.3) is 0 Å².